The number of benzene rings is 1. The summed E-state index contributed by atoms with van der Waals surface area (Å²) < 4.78 is 0. The summed E-state index contributed by atoms with van der Waals surface area (Å²) in [5, 5.41) is 5.48. The van der Waals surface area contributed by atoms with Gasteiger partial charge in [0, 0.05) is 18.4 Å². The molecule has 4 N–H and O–H groups in total. The number of nitrogens with zero attached hydrogens (tertiary/aromatic N) is 1. The summed E-state index contributed by atoms with van der Waals surface area (Å²) in [6.07, 6.45) is 3.33. The molecule has 0 aliphatic carbocycles. The van der Waals surface area contributed by atoms with E-state index in [2.05, 4.69) is 15.6 Å². The Morgan fingerprint density at radius 2 is 2.00 bits per heavy atom. The zero-order chi connectivity index (χ0) is 13.7. The summed E-state index contributed by atoms with van der Waals surface area (Å²) in [6.45, 7) is 2.36. The fourth-order valence-electron chi connectivity index (χ4n) is 1.69. The monoisotopic (exact) mass is 256 g/mol. The molecule has 0 bridgehead atoms. The van der Waals surface area contributed by atoms with Crippen molar-refractivity contribution in [2.45, 2.75) is 13.5 Å². The van der Waals surface area contributed by atoms with Crippen LogP contribution in [0.3, 0.4) is 0 Å². The molecule has 0 saturated carbocycles. The van der Waals surface area contributed by atoms with Crippen LogP contribution >= 0.6 is 0 Å². The zero-order valence-electron chi connectivity index (χ0n) is 10.7. The first kappa shape index (κ1) is 13.0. The molecular weight excluding hydrogens is 240 g/mol. The second-order valence-corrected chi connectivity index (χ2v) is 4.23. The first-order valence-electron chi connectivity index (χ1n) is 5.96. The van der Waals surface area contributed by atoms with Gasteiger partial charge in [0.25, 0.3) is 0 Å². The van der Waals surface area contributed by atoms with Crippen molar-refractivity contribution in [2.75, 3.05) is 10.6 Å². The van der Waals surface area contributed by atoms with Gasteiger partial charge >= 0.3 is 6.03 Å². The van der Waals surface area contributed by atoms with Crippen LogP contribution in [0.15, 0.2) is 42.7 Å². The van der Waals surface area contributed by atoms with Crippen LogP contribution in [0.4, 0.5) is 16.2 Å². The minimum Gasteiger partial charge on any atom is -0.326 e. The van der Waals surface area contributed by atoms with Crippen molar-refractivity contribution < 1.29 is 4.79 Å². The van der Waals surface area contributed by atoms with E-state index in [0.717, 1.165) is 11.1 Å². The number of hydrogen-bond acceptors (Lipinski definition) is 3. The van der Waals surface area contributed by atoms with Crippen LogP contribution < -0.4 is 16.4 Å². The maximum atomic E-state index is 11.8. The molecule has 0 spiro atoms. The minimum atomic E-state index is -0.304. The Kier molecular flexibility index (Phi) is 4.10. The van der Waals surface area contributed by atoms with E-state index in [1.165, 1.54) is 0 Å². The van der Waals surface area contributed by atoms with Gasteiger partial charge in [-0.05, 0) is 36.2 Å². The van der Waals surface area contributed by atoms with Crippen LogP contribution in [-0.2, 0) is 6.54 Å². The molecule has 98 valence electrons. The van der Waals surface area contributed by atoms with E-state index in [1.54, 1.807) is 12.4 Å². The molecule has 2 amide bonds. The molecule has 0 aliphatic heterocycles. The maximum Gasteiger partial charge on any atom is 0.323 e. The lowest BCUT2D eigenvalue weighted by Crippen LogP contribution is -2.19. The smallest absolute Gasteiger partial charge is 0.323 e. The largest absolute Gasteiger partial charge is 0.326 e. The Morgan fingerprint density at radius 3 is 2.74 bits per heavy atom. The Labute approximate surface area is 111 Å². The third kappa shape index (κ3) is 3.79. The van der Waals surface area contributed by atoms with Crippen molar-refractivity contribution in [1.29, 1.82) is 0 Å². The molecule has 0 unspecified atom stereocenters. The SMILES string of the molecule is Cc1cncc(NC(=O)Nc2cccc(CN)c2)c1. The molecule has 2 rings (SSSR count). The van der Waals surface area contributed by atoms with Crippen molar-refractivity contribution in [3.05, 3.63) is 53.9 Å². The number of hydrogen-bond donors (Lipinski definition) is 3. The van der Waals surface area contributed by atoms with Crippen molar-refractivity contribution in [2.24, 2.45) is 5.73 Å². The summed E-state index contributed by atoms with van der Waals surface area (Å²) >= 11 is 0. The van der Waals surface area contributed by atoms with E-state index < -0.39 is 0 Å². The van der Waals surface area contributed by atoms with Crippen LogP contribution in [0.25, 0.3) is 0 Å². The molecule has 0 saturated heterocycles. The van der Waals surface area contributed by atoms with E-state index in [4.69, 9.17) is 5.73 Å². The Morgan fingerprint density at radius 1 is 1.21 bits per heavy atom. The van der Waals surface area contributed by atoms with Gasteiger partial charge in [-0.15, -0.1) is 0 Å². The van der Waals surface area contributed by atoms with Crippen molar-refractivity contribution in [3.8, 4) is 0 Å². The molecule has 1 aromatic heterocycles. The normalized spacial score (nSPS) is 10.0. The molecule has 2 aromatic rings. The van der Waals surface area contributed by atoms with Crippen LogP contribution in [-0.4, -0.2) is 11.0 Å². The topological polar surface area (TPSA) is 80.0 Å². The summed E-state index contributed by atoms with van der Waals surface area (Å²) in [4.78, 5) is 15.8. The van der Waals surface area contributed by atoms with Gasteiger partial charge in [-0.3, -0.25) is 4.98 Å². The number of amides is 2. The summed E-state index contributed by atoms with van der Waals surface area (Å²) in [7, 11) is 0. The number of carbonyl (C=O) groups excluding carboxylic acids is 1. The van der Waals surface area contributed by atoms with E-state index in [0.29, 0.717) is 17.9 Å². The second-order valence-electron chi connectivity index (χ2n) is 4.23. The highest BCUT2D eigenvalue weighted by Gasteiger charge is 2.03. The molecule has 19 heavy (non-hydrogen) atoms. The summed E-state index contributed by atoms with van der Waals surface area (Å²) in [5.41, 5.74) is 8.88. The molecule has 5 heteroatoms. The number of pyridine rings is 1. The number of urea groups is 1. The molecule has 0 radical (unpaired) electrons. The number of aromatic nitrogens is 1. The zero-order valence-corrected chi connectivity index (χ0v) is 10.7. The average molecular weight is 256 g/mol. The predicted molar refractivity (Wildman–Crippen MR) is 75.9 cm³/mol. The van der Waals surface area contributed by atoms with E-state index in [-0.39, 0.29) is 6.03 Å². The molecule has 0 atom stereocenters. The van der Waals surface area contributed by atoms with Crippen molar-refractivity contribution >= 4 is 17.4 Å². The van der Waals surface area contributed by atoms with Crippen LogP contribution in [0.5, 0.6) is 0 Å². The van der Waals surface area contributed by atoms with Crippen LogP contribution in [0.1, 0.15) is 11.1 Å². The number of aryl methyl sites for hydroxylation is 1. The lowest BCUT2D eigenvalue weighted by Gasteiger charge is -2.08. The van der Waals surface area contributed by atoms with Crippen LogP contribution in [0, 0.1) is 6.92 Å². The molecular formula is C14H16N4O. The van der Waals surface area contributed by atoms with Gasteiger partial charge in [0.15, 0.2) is 0 Å². The first-order chi connectivity index (χ1) is 9.17. The van der Waals surface area contributed by atoms with E-state index >= 15 is 0 Å². The Hall–Kier alpha value is -2.40. The quantitative estimate of drug-likeness (QED) is 0.789. The number of carbonyl (C=O) groups is 1. The molecule has 5 nitrogen and oxygen atoms in total. The average Bonchev–Trinajstić information content (AvgIpc) is 2.38. The van der Waals surface area contributed by atoms with Gasteiger partial charge in [0.2, 0.25) is 0 Å². The molecule has 0 aliphatic rings. The van der Waals surface area contributed by atoms with Crippen LogP contribution in [0.2, 0.25) is 0 Å². The Balaban J connectivity index is 2.01. The second kappa shape index (κ2) is 5.97. The predicted octanol–water partition coefficient (Wildman–Crippen LogP) is 2.49. The van der Waals surface area contributed by atoms with Crippen molar-refractivity contribution in [3.63, 3.8) is 0 Å². The minimum absolute atomic E-state index is 0.304. The van der Waals surface area contributed by atoms with Gasteiger partial charge in [-0.25, -0.2) is 4.79 Å². The highest BCUT2D eigenvalue weighted by molar-refractivity contribution is 5.99. The van der Waals surface area contributed by atoms with E-state index in [1.807, 2.05) is 37.3 Å². The maximum absolute atomic E-state index is 11.8. The summed E-state index contributed by atoms with van der Waals surface area (Å²) in [6, 6.07) is 8.96. The lowest BCUT2D eigenvalue weighted by molar-refractivity contribution is 0.262. The highest BCUT2D eigenvalue weighted by atomic mass is 16.2. The number of nitrogens with two attached hydrogens (primary N) is 1. The number of anilines is 2. The first-order valence-corrected chi connectivity index (χ1v) is 5.96. The molecule has 1 heterocycles. The fraction of sp³-hybridized carbons (Fsp3) is 0.143. The van der Waals surface area contributed by atoms with Gasteiger partial charge in [0.05, 0.1) is 11.9 Å². The third-order valence-corrected chi connectivity index (χ3v) is 2.55. The van der Waals surface area contributed by atoms with Gasteiger partial charge in [-0.2, -0.15) is 0 Å². The number of rotatable bonds is 3. The molecule has 0 fully saturated rings. The van der Waals surface area contributed by atoms with Crippen molar-refractivity contribution in [1.82, 2.24) is 4.98 Å². The third-order valence-electron chi connectivity index (χ3n) is 2.55. The number of nitrogens with one attached hydrogen (secondary N) is 2. The summed E-state index contributed by atoms with van der Waals surface area (Å²) in [5.74, 6) is 0. The highest BCUT2D eigenvalue weighted by Crippen LogP contribution is 2.12. The standard InChI is InChI=1S/C14H16N4O/c1-10-5-13(9-16-8-10)18-14(19)17-12-4-2-3-11(6-12)7-15/h2-6,8-9H,7,15H2,1H3,(H2,17,18,19). The van der Waals surface area contributed by atoms with Gasteiger partial charge in [-0.1, -0.05) is 12.1 Å². The molecule has 1 aromatic carbocycles. The van der Waals surface area contributed by atoms with E-state index in [9.17, 15) is 4.79 Å². The fourth-order valence-corrected chi connectivity index (χ4v) is 1.69. The van der Waals surface area contributed by atoms with Gasteiger partial charge < -0.3 is 16.4 Å². The Bertz CT molecular complexity index is 583. The van der Waals surface area contributed by atoms with Gasteiger partial charge in [0.1, 0.15) is 0 Å². The lowest BCUT2D eigenvalue weighted by atomic mass is 10.2.